The second-order valence-electron chi connectivity index (χ2n) is 4.08. The Hall–Kier alpha value is -1.75. The van der Waals surface area contributed by atoms with Crippen LogP contribution in [-0.2, 0) is 13.6 Å². The lowest BCUT2D eigenvalue weighted by Gasteiger charge is -2.16. The van der Waals surface area contributed by atoms with Crippen LogP contribution in [0.5, 0.6) is 0 Å². The van der Waals surface area contributed by atoms with Gasteiger partial charge in [-0.3, -0.25) is 9.36 Å². The van der Waals surface area contributed by atoms with Gasteiger partial charge in [0, 0.05) is 19.8 Å². The molecule has 0 saturated heterocycles. The maximum absolute atomic E-state index is 12.6. The average Bonchev–Trinajstić information content (AvgIpc) is 2.46. The molecule has 0 aliphatic carbocycles. The average molecular weight is 294 g/mol. The van der Waals surface area contributed by atoms with Crippen molar-refractivity contribution < 1.29 is 13.6 Å². The molecule has 1 N–H and O–H groups in total. The topological polar surface area (TPSA) is 81.3 Å². The normalized spacial score (nSPS) is 11.6. The maximum Gasteiger partial charge on any atom is 0.368 e. The van der Waals surface area contributed by atoms with Crippen molar-refractivity contribution in [3.05, 3.63) is 46.5 Å². The first-order chi connectivity index (χ1) is 9.51. The monoisotopic (exact) mass is 294 g/mol. The number of nitrogens with zero attached hydrogens (tertiary/aromatic N) is 1. The van der Waals surface area contributed by atoms with Crippen LogP contribution in [-0.4, -0.2) is 24.2 Å². The molecule has 0 amide bonds. The van der Waals surface area contributed by atoms with Gasteiger partial charge in [-0.2, -0.15) is 0 Å². The van der Waals surface area contributed by atoms with E-state index in [1.165, 1.54) is 14.2 Å². The fraction of sp³-hybridized carbons (Fsp3) is 0.231. The predicted octanol–water partition coefficient (Wildman–Crippen LogP) is 1.86. The van der Waals surface area contributed by atoms with Crippen molar-refractivity contribution in [2.75, 3.05) is 14.2 Å². The third-order valence-corrected chi connectivity index (χ3v) is 4.74. The highest BCUT2D eigenvalue weighted by Gasteiger charge is 2.33. The van der Waals surface area contributed by atoms with Crippen LogP contribution in [0.1, 0.15) is 5.82 Å². The zero-order chi connectivity index (χ0) is 14.8. The second kappa shape index (κ2) is 5.71. The van der Waals surface area contributed by atoms with Gasteiger partial charge >= 0.3 is 7.60 Å². The van der Waals surface area contributed by atoms with E-state index in [4.69, 9.17) is 9.05 Å². The van der Waals surface area contributed by atoms with Gasteiger partial charge in [-0.15, -0.1) is 0 Å². The van der Waals surface area contributed by atoms with E-state index in [0.29, 0.717) is 17.1 Å². The summed E-state index contributed by atoms with van der Waals surface area (Å²) in [5, 5.41) is -0.0840. The summed E-state index contributed by atoms with van der Waals surface area (Å²) >= 11 is 0. The molecule has 0 aliphatic rings. The lowest BCUT2D eigenvalue weighted by Crippen LogP contribution is -2.32. The summed E-state index contributed by atoms with van der Waals surface area (Å²) in [6, 6.07) is 9.01. The lowest BCUT2D eigenvalue weighted by molar-refractivity contribution is 0.287. The number of aromatic nitrogens is 2. The van der Waals surface area contributed by atoms with Crippen LogP contribution < -0.4 is 10.9 Å². The van der Waals surface area contributed by atoms with Crippen LogP contribution in [0.2, 0.25) is 0 Å². The first kappa shape index (κ1) is 14.7. The number of benzene rings is 1. The molecular weight excluding hydrogens is 279 g/mol. The minimum atomic E-state index is -3.70. The molecule has 106 valence electrons. The van der Waals surface area contributed by atoms with Crippen molar-refractivity contribution in [2.24, 2.45) is 0 Å². The molecule has 1 heterocycles. The standard InChI is InChI=1S/C13H15N2O4P/c1-9-14-11(10-7-5-4-6-8-10)12(13(16)15-9)20(17,18-2)19-3/h4-8H,1-3H3,(H,14,15,16). The number of rotatable bonds is 4. The number of aryl methyl sites for hydroxylation is 1. The van der Waals surface area contributed by atoms with Crippen LogP contribution in [0.4, 0.5) is 0 Å². The van der Waals surface area contributed by atoms with Crippen LogP contribution in [0, 0.1) is 6.92 Å². The predicted molar refractivity (Wildman–Crippen MR) is 76.3 cm³/mol. The van der Waals surface area contributed by atoms with Gasteiger partial charge in [-0.25, -0.2) is 4.98 Å². The fourth-order valence-corrected chi connectivity index (χ4v) is 3.15. The summed E-state index contributed by atoms with van der Waals surface area (Å²) in [6.45, 7) is 1.65. The van der Waals surface area contributed by atoms with E-state index >= 15 is 0 Å². The summed E-state index contributed by atoms with van der Waals surface area (Å²) < 4.78 is 22.4. The summed E-state index contributed by atoms with van der Waals surface area (Å²) in [7, 11) is -1.23. The van der Waals surface area contributed by atoms with Gasteiger partial charge in [0.05, 0.1) is 5.69 Å². The maximum atomic E-state index is 12.6. The van der Waals surface area contributed by atoms with E-state index in [0.717, 1.165) is 0 Å². The largest absolute Gasteiger partial charge is 0.368 e. The van der Waals surface area contributed by atoms with E-state index in [-0.39, 0.29) is 5.30 Å². The molecular formula is C13H15N2O4P. The first-order valence-corrected chi connectivity index (χ1v) is 7.44. The molecule has 0 saturated carbocycles. The molecule has 0 radical (unpaired) electrons. The number of hydrogen-bond acceptors (Lipinski definition) is 5. The Labute approximate surface area is 116 Å². The molecule has 6 nitrogen and oxygen atoms in total. The van der Waals surface area contributed by atoms with Crippen molar-refractivity contribution in [2.45, 2.75) is 6.92 Å². The number of nitrogens with one attached hydrogen (secondary N) is 1. The van der Waals surface area contributed by atoms with Crippen LogP contribution in [0.25, 0.3) is 11.3 Å². The lowest BCUT2D eigenvalue weighted by atomic mass is 10.1. The molecule has 2 aromatic rings. The fourth-order valence-electron chi connectivity index (χ4n) is 1.89. The van der Waals surface area contributed by atoms with Gasteiger partial charge in [0.1, 0.15) is 5.82 Å². The molecule has 0 aliphatic heterocycles. The van der Waals surface area contributed by atoms with Crippen molar-refractivity contribution in [1.82, 2.24) is 9.97 Å². The highest BCUT2D eigenvalue weighted by atomic mass is 31.2. The Morgan fingerprint density at radius 1 is 1.15 bits per heavy atom. The van der Waals surface area contributed by atoms with E-state index in [1.807, 2.05) is 18.2 Å². The molecule has 0 bridgehead atoms. The molecule has 2 rings (SSSR count). The number of aromatic amines is 1. The summed E-state index contributed by atoms with van der Waals surface area (Å²) in [6.07, 6.45) is 0. The molecule has 1 aromatic carbocycles. The highest BCUT2D eigenvalue weighted by Crippen LogP contribution is 2.45. The molecule has 0 fully saturated rings. The Bertz CT molecular complexity index is 704. The second-order valence-corrected chi connectivity index (χ2v) is 6.25. The third-order valence-electron chi connectivity index (χ3n) is 2.82. The molecule has 0 atom stereocenters. The smallest absolute Gasteiger partial charge is 0.310 e. The zero-order valence-electron chi connectivity index (χ0n) is 11.4. The Kier molecular flexibility index (Phi) is 4.18. The summed E-state index contributed by atoms with van der Waals surface area (Å²) in [4.78, 5) is 19.0. The van der Waals surface area contributed by atoms with E-state index in [9.17, 15) is 9.36 Å². The van der Waals surface area contributed by atoms with Gasteiger partial charge in [0.25, 0.3) is 5.56 Å². The molecule has 20 heavy (non-hydrogen) atoms. The highest BCUT2D eigenvalue weighted by molar-refractivity contribution is 7.62. The van der Waals surface area contributed by atoms with Crippen LogP contribution in [0.15, 0.2) is 35.1 Å². The van der Waals surface area contributed by atoms with Gasteiger partial charge in [-0.1, -0.05) is 30.3 Å². The minimum absolute atomic E-state index is 0.0840. The third kappa shape index (κ3) is 2.58. The Morgan fingerprint density at radius 2 is 1.75 bits per heavy atom. The van der Waals surface area contributed by atoms with Gasteiger partial charge < -0.3 is 14.0 Å². The quantitative estimate of drug-likeness (QED) is 0.870. The molecule has 0 spiro atoms. The molecule has 1 aromatic heterocycles. The zero-order valence-corrected chi connectivity index (χ0v) is 12.3. The molecule has 0 unspecified atom stereocenters. The van der Waals surface area contributed by atoms with E-state index in [2.05, 4.69) is 9.97 Å². The van der Waals surface area contributed by atoms with Crippen LogP contribution >= 0.6 is 7.60 Å². The number of hydrogen-bond donors (Lipinski definition) is 1. The summed E-state index contributed by atoms with van der Waals surface area (Å²) in [5.74, 6) is 0.427. The minimum Gasteiger partial charge on any atom is -0.310 e. The van der Waals surface area contributed by atoms with Crippen molar-refractivity contribution >= 4 is 12.9 Å². The van der Waals surface area contributed by atoms with Crippen molar-refractivity contribution in [3.8, 4) is 11.3 Å². The Morgan fingerprint density at radius 3 is 2.30 bits per heavy atom. The number of H-pyrrole nitrogens is 1. The van der Waals surface area contributed by atoms with Crippen molar-refractivity contribution in [1.29, 1.82) is 0 Å². The van der Waals surface area contributed by atoms with Crippen molar-refractivity contribution in [3.63, 3.8) is 0 Å². The van der Waals surface area contributed by atoms with Gasteiger partial charge in [0.15, 0.2) is 5.30 Å². The molecule has 7 heteroatoms. The van der Waals surface area contributed by atoms with Crippen LogP contribution in [0.3, 0.4) is 0 Å². The SMILES string of the molecule is COP(=O)(OC)c1c(-c2ccccc2)nc(C)[nH]c1=O. The van der Waals surface area contributed by atoms with Gasteiger partial charge in [0.2, 0.25) is 0 Å². The first-order valence-electron chi connectivity index (χ1n) is 5.90. The van der Waals surface area contributed by atoms with E-state index < -0.39 is 13.2 Å². The summed E-state index contributed by atoms with van der Waals surface area (Å²) in [5.41, 5.74) is 0.452. The van der Waals surface area contributed by atoms with E-state index in [1.54, 1.807) is 19.1 Å². The van der Waals surface area contributed by atoms with Gasteiger partial charge in [-0.05, 0) is 6.92 Å². The Balaban J connectivity index is 2.81.